The zero-order valence-electron chi connectivity index (χ0n) is 17.2. The Kier molecular flexibility index (Phi) is 5.97. The van der Waals surface area contributed by atoms with Gasteiger partial charge in [-0.25, -0.2) is 0 Å². The van der Waals surface area contributed by atoms with Crippen molar-refractivity contribution in [2.24, 2.45) is 23.7 Å². The van der Waals surface area contributed by atoms with Gasteiger partial charge >= 0.3 is 159 Å². The maximum atomic E-state index is 2.69. The maximum Gasteiger partial charge on any atom is -1.00 e. The third kappa shape index (κ3) is 2.63. The molecule has 0 aromatic heterocycles. The van der Waals surface area contributed by atoms with E-state index in [-0.39, 0.29) is 24.8 Å². The van der Waals surface area contributed by atoms with Crippen LogP contribution in [-0.2, 0) is 20.3 Å². The minimum Gasteiger partial charge on any atom is -1.00 e. The summed E-state index contributed by atoms with van der Waals surface area (Å²) in [5, 5.41) is 0. The standard InChI is InChI=1S/2C9H11.C6H12.2ClH.Zr/c2*1-2-5-9-7-3-6-8(9)4-1;1-5(2)6(3)4;;;/h2*1-2,4-6,8-9H,3,7H2;1-4H3;2*1H;/q;;;;;+2/p-2. The van der Waals surface area contributed by atoms with Crippen molar-refractivity contribution >= 4 is 0 Å². The van der Waals surface area contributed by atoms with Crippen molar-refractivity contribution in [1.29, 1.82) is 0 Å². The summed E-state index contributed by atoms with van der Waals surface area (Å²) < 4.78 is 3.47. The summed E-state index contributed by atoms with van der Waals surface area (Å²) in [6.07, 6.45) is 25.6. The second-order valence-electron chi connectivity index (χ2n) is 10.5. The van der Waals surface area contributed by atoms with Crippen LogP contribution in [0, 0.1) is 23.7 Å². The van der Waals surface area contributed by atoms with Crippen molar-refractivity contribution in [1.82, 2.24) is 0 Å². The molecule has 0 aromatic carbocycles. The van der Waals surface area contributed by atoms with E-state index in [1.807, 2.05) is 0 Å². The first kappa shape index (κ1) is 22.1. The first-order valence-electron chi connectivity index (χ1n) is 10.6. The molecular weight excluding hydrogens is 450 g/mol. The fourth-order valence-electron chi connectivity index (χ4n) is 8.50. The summed E-state index contributed by atoms with van der Waals surface area (Å²) >= 11 is -2.42. The molecule has 0 amide bonds. The van der Waals surface area contributed by atoms with E-state index in [9.17, 15) is 0 Å². The third-order valence-corrected chi connectivity index (χ3v) is 31.6. The van der Waals surface area contributed by atoms with Crippen molar-refractivity contribution in [3.05, 3.63) is 48.6 Å². The summed E-state index contributed by atoms with van der Waals surface area (Å²) in [7, 11) is 0. The van der Waals surface area contributed by atoms with Crippen LogP contribution >= 0.6 is 0 Å². The van der Waals surface area contributed by atoms with Crippen molar-refractivity contribution in [2.45, 2.75) is 66.9 Å². The van der Waals surface area contributed by atoms with Crippen LogP contribution in [0.3, 0.4) is 0 Å². The first-order chi connectivity index (χ1) is 11.9. The molecule has 0 nitrogen and oxygen atoms in total. The number of rotatable bonds is 2. The first-order valence-corrected chi connectivity index (χ1v) is 15.9. The van der Waals surface area contributed by atoms with Gasteiger partial charge in [-0.1, -0.05) is 0 Å². The summed E-state index contributed by atoms with van der Waals surface area (Å²) in [6, 6.07) is 0. The Hall–Kier alpha value is 0.423. The van der Waals surface area contributed by atoms with E-state index >= 15 is 0 Å². The zero-order chi connectivity index (χ0) is 17.4. The molecular formula is C24H34Cl2Zr. The second-order valence-corrected chi connectivity index (χ2v) is 24.6. The van der Waals surface area contributed by atoms with Crippen LogP contribution in [0.5, 0.6) is 0 Å². The van der Waals surface area contributed by atoms with Gasteiger partial charge < -0.3 is 24.8 Å². The molecule has 2 saturated carbocycles. The normalized spacial score (nSPS) is 42.2. The van der Waals surface area contributed by atoms with Gasteiger partial charge in [-0.05, 0) is 0 Å². The molecule has 1 aliphatic heterocycles. The maximum absolute atomic E-state index is 2.69. The summed E-state index contributed by atoms with van der Waals surface area (Å²) in [5.74, 6) is 3.47. The summed E-state index contributed by atoms with van der Waals surface area (Å²) in [4.78, 5) is 0. The molecule has 5 rings (SSSR count). The number of fused-ring (bicyclic) bond motifs is 2. The molecule has 0 bridgehead atoms. The Balaban J connectivity index is 0.00000105. The van der Waals surface area contributed by atoms with Gasteiger partial charge in [0.05, 0.1) is 0 Å². The molecule has 0 N–H and O–H groups in total. The molecule has 4 aliphatic carbocycles. The Morgan fingerprint density at radius 1 is 0.593 bits per heavy atom. The van der Waals surface area contributed by atoms with Crippen LogP contribution in [0.15, 0.2) is 48.6 Å². The molecule has 0 radical (unpaired) electrons. The number of hydrogen-bond donors (Lipinski definition) is 0. The summed E-state index contributed by atoms with van der Waals surface area (Å²) in [6.45, 7) is 10.8. The van der Waals surface area contributed by atoms with E-state index in [1.165, 1.54) is 25.7 Å². The van der Waals surface area contributed by atoms with Gasteiger partial charge in [-0.2, -0.15) is 0 Å². The molecule has 27 heavy (non-hydrogen) atoms. The molecule has 6 atom stereocenters. The van der Waals surface area contributed by atoms with Gasteiger partial charge in [0.25, 0.3) is 0 Å². The molecule has 3 fully saturated rings. The number of allylic oxidation sites excluding steroid dienone is 8. The van der Waals surface area contributed by atoms with Crippen LogP contribution in [-0.4, -0.2) is 0 Å². The predicted molar refractivity (Wildman–Crippen MR) is 105 cm³/mol. The monoisotopic (exact) mass is 482 g/mol. The summed E-state index contributed by atoms with van der Waals surface area (Å²) in [5.41, 5.74) is 0. The van der Waals surface area contributed by atoms with E-state index < -0.39 is 20.3 Å². The predicted octanol–water partition coefficient (Wildman–Crippen LogP) is 1.44. The van der Waals surface area contributed by atoms with E-state index in [1.54, 1.807) is 0 Å². The molecule has 148 valence electrons. The van der Waals surface area contributed by atoms with Gasteiger partial charge in [0, 0.05) is 0 Å². The van der Waals surface area contributed by atoms with Crippen molar-refractivity contribution in [2.75, 3.05) is 0 Å². The van der Waals surface area contributed by atoms with Crippen LogP contribution in [0.4, 0.5) is 0 Å². The van der Waals surface area contributed by atoms with E-state index in [2.05, 4.69) is 76.3 Å². The second kappa shape index (κ2) is 7.28. The minimum absolute atomic E-state index is 0. The van der Waals surface area contributed by atoms with Gasteiger partial charge in [0.1, 0.15) is 0 Å². The van der Waals surface area contributed by atoms with Gasteiger partial charge in [-0.3, -0.25) is 0 Å². The number of halogens is 2. The Morgan fingerprint density at radius 2 is 0.963 bits per heavy atom. The Bertz CT molecular complexity index is 639. The van der Waals surface area contributed by atoms with Crippen molar-refractivity contribution in [3.8, 4) is 0 Å². The van der Waals surface area contributed by atoms with Crippen molar-refractivity contribution < 1.29 is 45.1 Å². The number of hydrogen-bond acceptors (Lipinski definition) is 0. The average molecular weight is 485 g/mol. The van der Waals surface area contributed by atoms with Crippen molar-refractivity contribution in [3.63, 3.8) is 0 Å². The average Bonchev–Trinajstić information content (AvgIpc) is 3.07. The largest absolute Gasteiger partial charge is 1.00 e. The molecule has 1 saturated heterocycles. The third-order valence-electron chi connectivity index (χ3n) is 9.88. The zero-order valence-corrected chi connectivity index (χ0v) is 21.1. The smallest absolute Gasteiger partial charge is 1.00 e. The topological polar surface area (TPSA) is 0 Å². The SMILES string of the molecule is C[C]1(C)[C](C)(C)[Zr+2]1([CH]1CCC2C=CC=CC21)[CH]1CCC2C=CC=CC21.[Cl-].[Cl-]. The Labute approximate surface area is 183 Å². The molecule has 1 heterocycles. The van der Waals surface area contributed by atoms with Crippen LogP contribution in [0.1, 0.15) is 53.4 Å². The fraction of sp³-hybridized carbons (Fsp3) is 0.667. The molecule has 3 heteroatoms. The fourth-order valence-corrected chi connectivity index (χ4v) is 35.8. The van der Waals surface area contributed by atoms with Crippen LogP contribution < -0.4 is 24.8 Å². The van der Waals surface area contributed by atoms with Gasteiger partial charge in [0.2, 0.25) is 0 Å². The molecule has 5 aliphatic rings. The minimum atomic E-state index is -2.42. The Morgan fingerprint density at radius 3 is 1.33 bits per heavy atom. The van der Waals surface area contributed by atoms with Crippen LogP contribution in [0.2, 0.25) is 13.5 Å². The van der Waals surface area contributed by atoms with E-state index in [4.69, 9.17) is 0 Å². The quantitative estimate of drug-likeness (QED) is 0.557. The molecule has 0 aromatic rings. The van der Waals surface area contributed by atoms with E-state index in [0.29, 0.717) is 6.25 Å². The van der Waals surface area contributed by atoms with Gasteiger partial charge in [0.15, 0.2) is 0 Å². The molecule has 0 spiro atoms. The van der Waals surface area contributed by atoms with E-state index in [0.717, 1.165) is 30.9 Å². The molecule has 6 unspecified atom stereocenters. The van der Waals surface area contributed by atoms with Gasteiger partial charge in [-0.15, -0.1) is 0 Å². The van der Waals surface area contributed by atoms with Crippen LogP contribution in [0.25, 0.3) is 0 Å².